The molecule has 0 aliphatic carbocycles. The van der Waals surface area contributed by atoms with Crippen LogP contribution in [0.15, 0.2) is 96.5 Å². The molecule has 2 aromatic heterocycles. The second-order valence-corrected chi connectivity index (χ2v) is 11.0. The molecule has 4 atom stereocenters. The van der Waals surface area contributed by atoms with Crippen molar-refractivity contribution in [2.75, 3.05) is 28.8 Å². The number of hydrogen-bond donors (Lipinski definition) is 0. The van der Waals surface area contributed by atoms with Crippen molar-refractivity contribution in [3.8, 4) is 0 Å². The van der Waals surface area contributed by atoms with Crippen LogP contribution in [0.4, 0.5) is 23.0 Å². The van der Waals surface area contributed by atoms with Gasteiger partial charge < -0.3 is 24.0 Å². The Morgan fingerprint density at radius 2 is 1.62 bits per heavy atom. The monoisotopic (exact) mass is 510 g/mol. The Bertz CT molecular complexity index is 1890. The number of fused-ring (bicyclic) bond motifs is 16. The second-order valence-electron chi connectivity index (χ2n) is 11.0. The number of para-hydroxylation sites is 2. The smallest absolute Gasteiger partial charge is 0.178 e. The topological polar surface area (TPSA) is 51.9 Å². The molecule has 5 aromatic rings. The molecule has 6 heterocycles. The van der Waals surface area contributed by atoms with Crippen molar-refractivity contribution in [3.05, 3.63) is 103 Å². The molecule has 0 spiro atoms. The van der Waals surface area contributed by atoms with Crippen molar-refractivity contribution < 1.29 is 4.42 Å². The van der Waals surface area contributed by atoms with Crippen LogP contribution in [-0.4, -0.2) is 41.3 Å². The predicted octanol–water partition coefficient (Wildman–Crippen LogP) is 6.28. The first-order valence-electron chi connectivity index (χ1n) is 13.4. The number of nitrogens with zero attached hydrogens (tertiary/aromatic N) is 6. The van der Waals surface area contributed by atoms with Crippen LogP contribution >= 0.6 is 0 Å². The average Bonchev–Trinajstić information content (AvgIpc) is 3.61. The van der Waals surface area contributed by atoms with E-state index in [1.165, 1.54) is 5.56 Å². The molecule has 9 rings (SSSR count). The summed E-state index contributed by atoms with van der Waals surface area (Å²) < 4.78 is 6.60. The molecule has 0 amide bonds. The van der Waals surface area contributed by atoms with Crippen LogP contribution in [0.1, 0.15) is 17.0 Å². The molecule has 0 N–H and O–H groups in total. The summed E-state index contributed by atoms with van der Waals surface area (Å²) in [4.78, 5) is 19.1. The molecule has 0 fully saturated rings. The Kier molecular flexibility index (Phi) is 3.91. The molecule has 4 unspecified atom stereocenters. The van der Waals surface area contributed by atoms with Crippen molar-refractivity contribution in [1.29, 1.82) is 0 Å². The molecule has 3 aromatic carbocycles. The molecule has 190 valence electrons. The minimum absolute atomic E-state index is 0.0119. The Morgan fingerprint density at radius 3 is 2.51 bits per heavy atom. The van der Waals surface area contributed by atoms with Gasteiger partial charge in [0, 0.05) is 67.1 Å². The quantitative estimate of drug-likeness (QED) is 0.243. The highest BCUT2D eigenvalue weighted by atomic mass is 16.3. The van der Waals surface area contributed by atoms with Gasteiger partial charge in [-0.25, -0.2) is 9.97 Å². The van der Waals surface area contributed by atoms with Gasteiger partial charge in [0.15, 0.2) is 17.2 Å². The number of rotatable bonds is 0. The van der Waals surface area contributed by atoms with Crippen LogP contribution in [-0.2, 0) is 0 Å². The van der Waals surface area contributed by atoms with E-state index >= 15 is 0 Å². The lowest BCUT2D eigenvalue weighted by Crippen LogP contribution is -2.58. The number of furan rings is 1. The van der Waals surface area contributed by atoms with Crippen LogP contribution < -0.4 is 14.7 Å². The van der Waals surface area contributed by atoms with E-state index in [-0.39, 0.29) is 24.2 Å². The first kappa shape index (κ1) is 21.2. The highest BCUT2D eigenvalue weighted by Crippen LogP contribution is 2.60. The Morgan fingerprint density at radius 1 is 0.821 bits per heavy atom. The van der Waals surface area contributed by atoms with Gasteiger partial charge in [-0.3, -0.25) is 0 Å². The zero-order chi connectivity index (χ0) is 26.0. The lowest BCUT2D eigenvalue weighted by molar-refractivity contribution is 0.204. The van der Waals surface area contributed by atoms with Gasteiger partial charge in [-0.15, -0.1) is 0 Å². The van der Waals surface area contributed by atoms with Gasteiger partial charge in [0.25, 0.3) is 0 Å². The lowest BCUT2D eigenvalue weighted by atomic mass is 9.72. The first-order valence-corrected chi connectivity index (χ1v) is 13.4. The van der Waals surface area contributed by atoms with Crippen molar-refractivity contribution in [3.63, 3.8) is 0 Å². The minimum atomic E-state index is -0.0119. The molecule has 0 saturated heterocycles. The summed E-state index contributed by atoms with van der Waals surface area (Å²) in [7, 11) is 4.32. The number of benzene rings is 3. The Balaban J connectivity index is 1.38. The van der Waals surface area contributed by atoms with Gasteiger partial charge in [-0.2, -0.15) is 0 Å². The first-order chi connectivity index (χ1) is 19.1. The summed E-state index contributed by atoms with van der Waals surface area (Å²) in [5, 5.41) is 2.29. The fraction of sp³-hybridized carbons (Fsp3) is 0.188. The third kappa shape index (κ3) is 2.48. The van der Waals surface area contributed by atoms with Gasteiger partial charge in [-0.1, -0.05) is 55.1 Å². The van der Waals surface area contributed by atoms with E-state index < -0.39 is 0 Å². The molecule has 0 bridgehead atoms. The van der Waals surface area contributed by atoms with E-state index in [2.05, 4.69) is 101 Å². The van der Waals surface area contributed by atoms with Crippen molar-refractivity contribution >= 4 is 50.5 Å². The molecular weight excluding hydrogens is 484 g/mol. The molecule has 4 aliphatic rings. The number of allylic oxidation sites excluding steroid dienone is 1. The van der Waals surface area contributed by atoms with Gasteiger partial charge in [0.05, 0.1) is 11.4 Å². The number of anilines is 4. The van der Waals surface area contributed by atoms with Crippen LogP contribution in [0.5, 0.6) is 0 Å². The highest BCUT2D eigenvalue weighted by molar-refractivity contribution is 6.10. The largest absolute Gasteiger partial charge is 0.454 e. The molecule has 7 nitrogen and oxygen atoms in total. The van der Waals surface area contributed by atoms with Crippen LogP contribution in [0.2, 0.25) is 0 Å². The minimum Gasteiger partial charge on any atom is -0.454 e. The van der Waals surface area contributed by atoms with E-state index in [0.717, 1.165) is 56.1 Å². The van der Waals surface area contributed by atoms with E-state index in [9.17, 15) is 0 Å². The highest BCUT2D eigenvalue weighted by Gasteiger charge is 2.57. The fourth-order valence-electron chi connectivity index (χ4n) is 7.62. The molecule has 39 heavy (non-hydrogen) atoms. The van der Waals surface area contributed by atoms with E-state index in [1.54, 1.807) is 12.4 Å². The van der Waals surface area contributed by atoms with Gasteiger partial charge in [0.2, 0.25) is 0 Å². The Labute approximate surface area is 225 Å². The summed E-state index contributed by atoms with van der Waals surface area (Å²) in [5.41, 5.74) is 7.63. The van der Waals surface area contributed by atoms with Gasteiger partial charge in [-0.05, 0) is 23.3 Å². The summed E-state index contributed by atoms with van der Waals surface area (Å²) >= 11 is 0. The van der Waals surface area contributed by atoms with Gasteiger partial charge in [0.1, 0.15) is 17.9 Å². The molecule has 0 saturated carbocycles. The zero-order valence-corrected chi connectivity index (χ0v) is 21.7. The van der Waals surface area contributed by atoms with Crippen molar-refractivity contribution in [2.24, 2.45) is 5.92 Å². The Hall–Kier alpha value is -4.78. The van der Waals surface area contributed by atoms with Crippen LogP contribution in [0.3, 0.4) is 0 Å². The van der Waals surface area contributed by atoms with E-state index in [0.29, 0.717) is 0 Å². The maximum atomic E-state index is 6.60. The molecular formula is C32H26N6O. The van der Waals surface area contributed by atoms with E-state index in [4.69, 9.17) is 21.0 Å². The lowest BCUT2D eigenvalue weighted by Gasteiger charge is -2.50. The maximum Gasteiger partial charge on any atom is 0.178 e. The predicted molar refractivity (Wildman–Crippen MR) is 155 cm³/mol. The van der Waals surface area contributed by atoms with Crippen LogP contribution in [0, 0.1) is 5.92 Å². The summed E-state index contributed by atoms with van der Waals surface area (Å²) in [6.45, 7) is 4.80. The van der Waals surface area contributed by atoms with E-state index in [1.807, 2.05) is 6.07 Å². The second kappa shape index (κ2) is 7.20. The molecule has 4 aliphatic heterocycles. The maximum absolute atomic E-state index is 6.60. The SMILES string of the molecule is C=C1c2ccccc2N2c3nccnc3N(C)C2C2C1c1ccc3c(oc4ccccc43)c1N1C=CN(C)C21. The van der Waals surface area contributed by atoms with Crippen molar-refractivity contribution in [1.82, 2.24) is 14.9 Å². The van der Waals surface area contributed by atoms with Gasteiger partial charge >= 0.3 is 0 Å². The number of hydrogen-bond acceptors (Lipinski definition) is 7. The van der Waals surface area contributed by atoms with Crippen LogP contribution in [0.25, 0.3) is 27.5 Å². The third-order valence-electron chi connectivity index (χ3n) is 9.15. The zero-order valence-electron chi connectivity index (χ0n) is 21.7. The standard InChI is InChI=1S/C32H26N6O/c1-18-19-8-4-6-10-23(19)38-30-29(33-14-15-34-30)36(3)32(38)26-25(18)22-13-12-21-20-9-5-7-11-24(20)39-28(21)27(22)37-17-16-35(2)31(26)37/h4-17,25-26,31-32H,1H2,2-3H3. The average molecular weight is 511 g/mol. The molecule has 0 radical (unpaired) electrons. The normalized spacial score (nSPS) is 24.4. The summed E-state index contributed by atoms with van der Waals surface area (Å²) in [5.74, 6) is 1.97. The molecule has 7 heteroatoms. The summed E-state index contributed by atoms with van der Waals surface area (Å²) in [6, 6.07) is 21.5. The van der Waals surface area contributed by atoms with Crippen molar-refractivity contribution in [2.45, 2.75) is 18.2 Å². The number of aromatic nitrogens is 2. The fourth-order valence-corrected chi connectivity index (χ4v) is 7.62. The third-order valence-corrected chi connectivity index (χ3v) is 9.15. The summed E-state index contributed by atoms with van der Waals surface area (Å²) in [6.07, 6.45) is 8.00.